The van der Waals surface area contributed by atoms with E-state index >= 15 is 0 Å². The second-order valence-corrected chi connectivity index (χ2v) is 3.33. The van der Waals surface area contributed by atoms with Crippen LogP contribution in [-0.2, 0) is 10.1 Å². The molecular weight excluding hydrogens is 198 g/mol. The average molecular weight is 207 g/mol. The van der Waals surface area contributed by atoms with Crippen molar-refractivity contribution in [3.8, 4) is 5.75 Å². The fraction of sp³-hybridized carbons (Fsp3) is 0. The van der Waals surface area contributed by atoms with Gasteiger partial charge in [-0.15, -0.1) is 0 Å². The lowest BCUT2D eigenvalue weighted by molar-refractivity contribution is 0.311. The number of hydrogen-bond donors (Lipinski definition) is 4. The molecule has 1 rings (SSSR count). The molecule has 0 atom stereocenters. The van der Waals surface area contributed by atoms with Crippen molar-refractivity contribution in [1.29, 1.82) is 0 Å². The Kier molecular flexibility index (Phi) is 4.35. The van der Waals surface area contributed by atoms with Crippen LogP contribution in [0.15, 0.2) is 29.2 Å². The summed E-state index contributed by atoms with van der Waals surface area (Å²) < 4.78 is 29.4. The summed E-state index contributed by atoms with van der Waals surface area (Å²) in [5, 5.41) is 15.4. The molecule has 0 aromatic heterocycles. The van der Waals surface area contributed by atoms with Gasteiger partial charge in [0.2, 0.25) is 0 Å². The predicted octanol–water partition coefficient (Wildman–Crippen LogP) is -0.0268. The van der Waals surface area contributed by atoms with E-state index < -0.39 is 20.8 Å². The molecule has 13 heavy (non-hydrogen) atoms. The molecule has 0 spiro atoms. The summed E-state index contributed by atoms with van der Waals surface area (Å²) in [6, 6.07) is 5.17. The van der Waals surface area contributed by atoms with E-state index in [9.17, 15) is 8.42 Å². The Balaban J connectivity index is 0.000000671. The lowest BCUT2D eigenvalue weighted by Crippen LogP contribution is -1.97. The van der Waals surface area contributed by atoms with Gasteiger partial charge in [0, 0.05) is 0 Å². The van der Waals surface area contributed by atoms with E-state index in [4.69, 9.17) is 14.9 Å². The number of rotatable bonds is 1. The van der Waals surface area contributed by atoms with Crippen LogP contribution >= 0.6 is 0 Å². The van der Waals surface area contributed by atoms with Gasteiger partial charge in [0.15, 0.2) is 0 Å². The summed E-state index contributed by atoms with van der Waals surface area (Å²) >= 11 is 0. The SMILES string of the molecule is NO.O=S(=O)(O)c1ccccc1O. The van der Waals surface area contributed by atoms with Crippen molar-refractivity contribution in [2.24, 2.45) is 5.90 Å². The summed E-state index contributed by atoms with van der Waals surface area (Å²) in [6.45, 7) is 0. The van der Waals surface area contributed by atoms with Crippen LogP contribution < -0.4 is 5.90 Å². The van der Waals surface area contributed by atoms with Gasteiger partial charge in [-0.1, -0.05) is 12.1 Å². The number of para-hydroxylation sites is 1. The van der Waals surface area contributed by atoms with E-state index in [1.165, 1.54) is 18.2 Å². The van der Waals surface area contributed by atoms with Crippen molar-refractivity contribution in [3.05, 3.63) is 24.3 Å². The third kappa shape index (κ3) is 3.38. The van der Waals surface area contributed by atoms with Crippen molar-refractivity contribution in [3.63, 3.8) is 0 Å². The molecular formula is C6H9NO5S. The highest BCUT2D eigenvalue weighted by atomic mass is 32.2. The van der Waals surface area contributed by atoms with Crippen molar-refractivity contribution < 1.29 is 23.3 Å². The molecule has 1 aromatic rings. The molecule has 0 saturated heterocycles. The zero-order valence-electron chi connectivity index (χ0n) is 6.45. The van der Waals surface area contributed by atoms with Crippen LogP contribution in [-0.4, -0.2) is 23.3 Å². The monoisotopic (exact) mass is 207 g/mol. The Bertz CT molecular complexity index is 361. The van der Waals surface area contributed by atoms with Gasteiger partial charge in [-0.3, -0.25) is 4.55 Å². The molecule has 0 radical (unpaired) electrons. The van der Waals surface area contributed by atoms with Crippen molar-refractivity contribution in [2.45, 2.75) is 4.90 Å². The summed E-state index contributed by atoms with van der Waals surface area (Å²) in [5.74, 6) is 3.05. The van der Waals surface area contributed by atoms with E-state index in [2.05, 4.69) is 5.90 Å². The lowest BCUT2D eigenvalue weighted by atomic mass is 10.3. The van der Waals surface area contributed by atoms with Gasteiger partial charge in [-0.2, -0.15) is 8.42 Å². The first-order valence-electron chi connectivity index (χ1n) is 3.03. The first kappa shape index (κ1) is 11.8. The molecule has 0 heterocycles. The highest BCUT2D eigenvalue weighted by molar-refractivity contribution is 7.86. The van der Waals surface area contributed by atoms with E-state index in [1.807, 2.05) is 0 Å². The molecule has 0 unspecified atom stereocenters. The van der Waals surface area contributed by atoms with Gasteiger partial charge in [0.1, 0.15) is 10.6 Å². The first-order chi connectivity index (χ1) is 6.02. The molecule has 0 aliphatic rings. The number of aromatic hydroxyl groups is 1. The molecule has 0 saturated carbocycles. The normalized spacial score (nSPS) is 10.1. The first-order valence-corrected chi connectivity index (χ1v) is 4.47. The Hall–Kier alpha value is -1.15. The maximum Gasteiger partial charge on any atom is 0.298 e. The molecule has 0 aliphatic heterocycles. The number of phenols is 1. The minimum absolute atomic E-state index is 0.449. The summed E-state index contributed by atoms with van der Waals surface area (Å²) in [4.78, 5) is -0.472. The molecule has 74 valence electrons. The Morgan fingerprint density at radius 1 is 1.15 bits per heavy atom. The third-order valence-electron chi connectivity index (χ3n) is 1.14. The van der Waals surface area contributed by atoms with Crippen LogP contribution in [0.4, 0.5) is 0 Å². The van der Waals surface area contributed by atoms with Gasteiger partial charge in [0.25, 0.3) is 10.1 Å². The van der Waals surface area contributed by atoms with Gasteiger partial charge < -0.3 is 10.3 Å². The maximum atomic E-state index is 10.4. The molecule has 6 nitrogen and oxygen atoms in total. The molecule has 7 heteroatoms. The standard InChI is InChI=1S/C6H6O4S.H3NO/c7-5-3-1-2-4-6(5)11(8,9)10;1-2/h1-4,7H,(H,8,9,10);2H,1H2. The quantitative estimate of drug-likeness (QED) is 0.379. The predicted molar refractivity (Wildman–Crippen MR) is 43.9 cm³/mol. The average Bonchev–Trinajstić information content (AvgIpc) is 2.07. The van der Waals surface area contributed by atoms with E-state index in [1.54, 1.807) is 0 Å². The van der Waals surface area contributed by atoms with Gasteiger partial charge in [-0.25, -0.2) is 5.90 Å². The Labute approximate surface area is 74.9 Å². The second kappa shape index (κ2) is 4.77. The zero-order chi connectivity index (χ0) is 10.5. The fourth-order valence-electron chi connectivity index (χ4n) is 0.675. The van der Waals surface area contributed by atoms with E-state index in [-0.39, 0.29) is 0 Å². The van der Waals surface area contributed by atoms with Crippen molar-refractivity contribution >= 4 is 10.1 Å². The van der Waals surface area contributed by atoms with Crippen LogP contribution in [0.5, 0.6) is 5.75 Å². The second-order valence-electron chi connectivity index (χ2n) is 1.94. The number of hydrogen-bond acceptors (Lipinski definition) is 5. The van der Waals surface area contributed by atoms with Crippen LogP contribution in [0, 0.1) is 0 Å². The van der Waals surface area contributed by atoms with Gasteiger partial charge >= 0.3 is 0 Å². The largest absolute Gasteiger partial charge is 0.506 e. The fourth-order valence-corrected chi connectivity index (χ4v) is 1.26. The minimum atomic E-state index is -4.28. The number of phenolic OH excluding ortho intramolecular Hbond substituents is 1. The molecule has 0 amide bonds. The number of nitrogens with two attached hydrogens (primary N) is 1. The van der Waals surface area contributed by atoms with Gasteiger partial charge in [0.05, 0.1) is 0 Å². The molecule has 0 fully saturated rings. The molecule has 5 N–H and O–H groups in total. The Morgan fingerprint density at radius 3 is 1.92 bits per heavy atom. The van der Waals surface area contributed by atoms with E-state index in [0.717, 1.165) is 6.07 Å². The van der Waals surface area contributed by atoms with Crippen LogP contribution in [0.2, 0.25) is 0 Å². The number of benzene rings is 1. The molecule has 1 aromatic carbocycles. The molecule has 0 bridgehead atoms. The summed E-state index contributed by atoms with van der Waals surface area (Å²) in [7, 11) is -4.28. The van der Waals surface area contributed by atoms with Crippen LogP contribution in [0.1, 0.15) is 0 Å². The van der Waals surface area contributed by atoms with Crippen LogP contribution in [0.25, 0.3) is 0 Å². The summed E-state index contributed by atoms with van der Waals surface area (Å²) in [6.07, 6.45) is 0. The van der Waals surface area contributed by atoms with Crippen LogP contribution in [0.3, 0.4) is 0 Å². The highest BCUT2D eigenvalue weighted by Crippen LogP contribution is 2.20. The lowest BCUT2D eigenvalue weighted by Gasteiger charge is -1.97. The smallest absolute Gasteiger partial charge is 0.298 e. The van der Waals surface area contributed by atoms with E-state index in [0.29, 0.717) is 0 Å². The maximum absolute atomic E-state index is 10.4. The third-order valence-corrected chi connectivity index (χ3v) is 2.04. The topological polar surface area (TPSA) is 121 Å². The van der Waals surface area contributed by atoms with Crippen molar-refractivity contribution in [1.82, 2.24) is 0 Å². The van der Waals surface area contributed by atoms with Gasteiger partial charge in [-0.05, 0) is 12.1 Å². The van der Waals surface area contributed by atoms with Crippen molar-refractivity contribution in [2.75, 3.05) is 0 Å². The zero-order valence-corrected chi connectivity index (χ0v) is 7.27. The molecule has 0 aliphatic carbocycles. The highest BCUT2D eigenvalue weighted by Gasteiger charge is 2.12. The Morgan fingerprint density at radius 2 is 1.62 bits per heavy atom. The summed E-state index contributed by atoms with van der Waals surface area (Å²) in [5.41, 5.74) is 0. The minimum Gasteiger partial charge on any atom is -0.506 e.